The number of benzene rings is 5. The Labute approximate surface area is 884 Å². The number of ether oxygens (including phenoxy) is 5. The van der Waals surface area contributed by atoms with Crippen LogP contribution in [0.2, 0.25) is 5.15 Å². The van der Waals surface area contributed by atoms with Crippen LogP contribution in [0.4, 0.5) is 40.1 Å². The lowest BCUT2D eigenvalue weighted by Crippen LogP contribution is -2.40. The van der Waals surface area contributed by atoms with Crippen LogP contribution in [0.15, 0.2) is 172 Å². The van der Waals surface area contributed by atoms with E-state index in [9.17, 15) is 73.1 Å². The fraction of sp³-hybridized carbons (Fsp3) is 0.434. The van der Waals surface area contributed by atoms with Gasteiger partial charge in [-0.05, 0) is 293 Å². The SMILES string of the molecule is C=CCn1c(C)cc(C(=O)CSc2nc(C)cc(C(F)(F)F)c2C#N)c1C.CC(NCc1ccc(OC(F)F)cc1)c1ccc2c(c1)CCCC2.CCOC(=O)C1CCN(Cc2cc(C(C)C)c(O)c(C(C)C)c2)CC1.COc1ccc(C(=O)Nc2sc3c(c2CN(C)C)CCCC3)cc1.Cc1ccc2c(C)c(C(=O)N(Cc3ccco3)C3CCS(=O)(=O)C3)oc2c1.Cn1nc(C(F)(F)F)cc1Cc1cc(C2OCCO2)cc(Cl)n1. The largest absolute Gasteiger partial charge is 0.507 e. The van der Waals surface area contributed by atoms with Crippen molar-refractivity contribution in [2.24, 2.45) is 13.0 Å². The van der Waals surface area contributed by atoms with Crippen LogP contribution in [0.1, 0.15) is 265 Å². The van der Waals surface area contributed by atoms with Crippen molar-refractivity contribution in [3.05, 3.63) is 303 Å². The number of thioether (sulfide) groups is 1. The Morgan fingerprint density at radius 3 is 2.07 bits per heavy atom. The molecule has 3 N–H and O–H groups in total. The summed E-state index contributed by atoms with van der Waals surface area (Å²) in [5.74, 6) is 2.22. The zero-order valence-electron chi connectivity index (χ0n) is 87.3. The molecule has 3 saturated heterocycles. The van der Waals surface area contributed by atoms with Crippen molar-refractivity contribution in [1.82, 2.24) is 44.3 Å². The molecule has 10 heterocycles. The minimum atomic E-state index is -4.66. The zero-order valence-corrected chi connectivity index (χ0v) is 90.5. The van der Waals surface area contributed by atoms with Crippen LogP contribution < -0.4 is 20.1 Å². The first kappa shape index (κ1) is 117. The van der Waals surface area contributed by atoms with Crippen LogP contribution in [-0.2, 0) is 113 Å². The molecule has 0 spiro atoms. The number of rotatable bonds is 30. The van der Waals surface area contributed by atoms with E-state index < -0.39 is 51.9 Å². The van der Waals surface area contributed by atoms with Crippen molar-refractivity contribution in [1.29, 1.82) is 5.26 Å². The van der Waals surface area contributed by atoms with Gasteiger partial charge in [0.15, 0.2) is 33.4 Å². The molecule has 5 aromatic carbocycles. The number of likely N-dealkylation sites (tertiary alicyclic amines) is 1. The first-order valence-electron chi connectivity index (χ1n) is 50.1. The van der Waals surface area contributed by atoms with E-state index >= 15 is 0 Å². The maximum Gasteiger partial charge on any atom is 0.435 e. The molecule has 37 heteroatoms. The number of Topliss-reactive ketones (excluding diaryl/α,β-unsaturated/α-hetero) is 1. The van der Waals surface area contributed by atoms with Crippen molar-refractivity contribution in [3.8, 4) is 23.3 Å². The lowest BCUT2D eigenvalue weighted by molar-refractivity contribution is -0.149. The Morgan fingerprint density at radius 2 is 1.46 bits per heavy atom. The summed E-state index contributed by atoms with van der Waals surface area (Å²) < 4.78 is 166. The highest BCUT2D eigenvalue weighted by Gasteiger charge is 2.40. The van der Waals surface area contributed by atoms with E-state index in [1.165, 1.54) is 95.4 Å². The number of phenols is 1. The average Bonchev–Trinajstić information content (AvgIpc) is 1.62. The first-order valence-corrected chi connectivity index (χ1v) is 54.1. The molecule has 17 rings (SSSR count). The molecule has 2 unspecified atom stereocenters. The lowest BCUT2D eigenvalue weighted by Gasteiger charge is -2.31. The number of alkyl halides is 8. The van der Waals surface area contributed by atoms with Gasteiger partial charge in [-0.25, -0.2) is 18.4 Å². The lowest BCUT2D eigenvalue weighted by atomic mass is 9.89. The Morgan fingerprint density at radius 1 is 0.787 bits per heavy atom. The molecule has 3 aliphatic heterocycles. The Bertz CT molecular complexity index is 6770. The number of halogens is 9. The molecule has 0 radical (unpaired) electrons. The number of sulfone groups is 1. The van der Waals surface area contributed by atoms with Crippen molar-refractivity contribution < 1.29 is 100 Å². The third-order valence-corrected chi connectivity index (χ3v) is 30.8. The fourth-order valence-corrected chi connectivity index (χ4v) is 22.8. The molecule has 0 saturated carbocycles. The number of carbonyl (C=O) groups excluding carboxylic acids is 4. The predicted octanol–water partition coefficient (Wildman–Crippen LogP) is 24.8. The number of aromatic nitrogens is 5. The number of nitrogens with one attached hydrogen (secondary N) is 2. The first-order chi connectivity index (χ1) is 71.3. The Balaban J connectivity index is 0.000000160. The molecule has 5 aliphatic rings. The number of amides is 2. The molecule has 0 bridgehead atoms. The standard InChI is InChI=1S/C21H33NO3.C20H23F2NO.C20H21NO5S.C19H18F3N3OS.C19H24N2O2S.C14H13ClF3N3O2/c1-6-25-21(24)17-7-9-22(10-8-17)13-16-11-18(14(2)3)20(23)19(12-16)15(4)5;1-14(17-9-8-16-4-2-3-5-18(16)12-17)23-13-15-6-10-19(11-7-15)24-20(21)22;1-13-5-6-17-14(2)19(26-18(17)10-13)20(22)21(11-16-4-3-8-25-16)15-7-9-27(23,24)12-15;1-5-6-25-12(3)8-14(13(25)4)17(26)10-27-18-15(9-23)16(19(20,21)22)7-11(2)24-18;1-21(2)12-16-15-6-4-5-7-17(15)24-19(16)20-18(22)13-8-10-14(23-3)11-9-13;1-21-10(7-11(20-21)14(16,17)18)6-9-4-8(5-12(15)19-9)13-22-2-3-23-13/h11-12,14-15,17,23H,6-10,13H2,1-5H3;6-12,14,20,23H,2-5,13H2,1H3;3-6,8,10,15H,7,9,11-12H2,1-2H3;5,7-8H,1,6,10H2,2-4H3;8-11H,4-7,12H2,1-3H3,(H,20,22);4-5,7,13H,2-3,6H2,1H3. The van der Waals surface area contributed by atoms with Gasteiger partial charge >= 0.3 is 24.9 Å². The fourth-order valence-electron chi connectivity index (χ4n) is 18.7. The number of phenolic OH excluding ortho intramolecular Hbond substituents is 1. The number of piperidine rings is 1. The van der Waals surface area contributed by atoms with Crippen LogP contribution in [0.5, 0.6) is 17.2 Å². The minimum absolute atomic E-state index is 0.0299. The number of allylic oxidation sites excluding steroid dienone is 1. The van der Waals surface area contributed by atoms with E-state index in [1.54, 1.807) is 96.4 Å². The van der Waals surface area contributed by atoms with Gasteiger partial charge < -0.3 is 62.6 Å². The van der Waals surface area contributed by atoms with Gasteiger partial charge in [-0.15, -0.1) is 17.9 Å². The summed E-state index contributed by atoms with van der Waals surface area (Å²) in [5.41, 5.74) is 15.9. The Hall–Kier alpha value is -12.1. The zero-order chi connectivity index (χ0) is 109. The van der Waals surface area contributed by atoms with Gasteiger partial charge in [-0.1, -0.05) is 112 Å². The van der Waals surface area contributed by atoms with E-state index in [2.05, 4.69) is 126 Å². The number of aryl methyl sites for hydroxylation is 8. The number of hydrogen-bond acceptors (Lipinski definition) is 23. The topological polar surface area (TPSA) is 301 Å². The van der Waals surface area contributed by atoms with E-state index in [1.807, 2.05) is 81.7 Å². The van der Waals surface area contributed by atoms with Crippen LogP contribution in [0.3, 0.4) is 0 Å². The van der Waals surface area contributed by atoms with Gasteiger partial charge in [-0.2, -0.15) is 45.5 Å². The van der Waals surface area contributed by atoms with E-state index in [0.717, 1.165) is 131 Å². The summed E-state index contributed by atoms with van der Waals surface area (Å²) >= 11 is 8.58. The summed E-state index contributed by atoms with van der Waals surface area (Å²) in [7, 11) is 4.09. The molecule has 3 fully saturated rings. The van der Waals surface area contributed by atoms with Crippen molar-refractivity contribution in [2.75, 3.05) is 76.7 Å². The molecule has 2 aliphatic carbocycles. The van der Waals surface area contributed by atoms with Gasteiger partial charge in [0, 0.05) is 118 Å². The average molecular weight is 2150 g/mol. The molecule has 12 aromatic rings. The summed E-state index contributed by atoms with van der Waals surface area (Å²) in [6, 6.07) is 42.8. The van der Waals surface area contributed by atoms with Crippen molar-refractivity contribution in [2.45, 2.75) is 240 Å². The van der Waals surface area contributed by atoms with Gasteiger partial charge in [0.1, 0.15) is 49.8 Å². The highest BCUT2D eigenvalue weighted by atomic mass is 35.5. The number of fused-ring (bicyclic) bond motifs is 3. The third-order valence-electron chi connectivity index (χ3n) is 26.6. The van der Waals surface area contributed by atoms with Crippen LogP contribution in [-0.4, -0.2) is 160 Å². The number of esters is 1. The predicted molar refractivity (Wildman–Crippen MR) is 566 cm³/mol. The molecular formula is C113H132ClF8N11O14S3. The summed E-state index contributed by atoms with van der Waals surface area (Å²) in [6.45, 7) is 28.7. The van der Waals surface area contributed by atoms with Gasteiger partial charge in [-0.3, -0.25) is 28.8 Å². The number of pyridine rings is 2. The smallest absolute Gasteiger partial charge is 0.435 e. The number of methoxy groups -OCH3 is 1. The van der Waals surface area contributed by atoms with Gasteiger partial charge in [0.25, 0.3) is 11.8 Å². The normalized spacial score (nSPS) is 15.3. The van der Waals surface area contributed by atoms with Gasteiger partial charge in [0.2, 0.25) is 0 Å². The molecule has 2 amide bonds. The maximum absolute atomic E-state index is 13.3. The second kappa shape index (κ2) is 53.3. The number of ketones is 1. The summed E-state index contributed by atoms with van der Waals surface area (Å²) in [5, 5.41) is 31.9. The number of hydrogen-bond donors (Lipinski definition) is 3. The Kier molecular flexibility index (Phi) is 41.4. The molecule has 804 valence electrons. The number of carbonyl (C=O) groups is 4. The number of furan rings is 2. The number of nitrogens with zero attached hydrogens (tertiary/aromatic N) is 9. The quantitative estimate of drug-likeness (QED) is 0.00941. The van der Waals surface area contributed by atoms with Gasteiger partial charge in [0.05, 0.1) is 74.0 Å². The number of aromatic hydroxyl groups is 1. The summed E-state index contributed by atoms with van der Waals surface area (Å²) in [6.07, 6.45) is 5.65. The molecule has 150 heavy (non-hydrogen) atoms. The van der Waals surface area contributed by atoms with Crippen LogP contribution >= 0.6 is 34.7 Å². The molecule has 25 nitrogen and oxygen atoms in total. The molecule has 7 aromatic heterocycles. The number of nitriles is 1. The number of anilines is 1. The minimum Gasteiger partial charge on any atom is -0.507 e. The number of thiophene rings is 1. The third kappa shape index (κ3) is 31.8. The molecular weight excluding hydrogens is 2020 g/mol. The highest BCUT2D eigenvalue weighted by molar-refractivity contribution is 8.00. The monoisotopic (exact) mass is 2150 g/mol. The van der Waals surface area contributed by atoms with E-state index in [4.69, 9.17) is 39.4 Å². The highest BCUT2D eigenvalue weighted by Crippen LogP contribution is 2.43. The van der Waals surface area contributed by atoms with E-state index in [-0.39, 0.29) is 99.2 Å². The van der Waals surface area contributed by atoms with Crippen molar-refractivity contribution >= 4 is 84.1 Å². The van der Waals surface area contributed by atoms with Crippen LogP contribution in [0.25, 0.3) is 11.0 Å². The van der Waals surface area contributed by atoms with E-state index in [0.29, 0.717) is 96.3 Å². The maximum atomic E-state index is 13.3. The second-order valence-electron chi connectivity index (χ2n) is 38.8. The second-order valence-corrected chi connectivity index (χ2v) is 43.4. The summed E-state index contributed by atoms with van der Waals surface area (Å²) in [4.78, 5) is 66.2. The molecule has 2 atom stereocenters. The van der Waals surface area contributed by atoms with Crippen LogP contribution in [0, 0.1) is 51.9 Å². The van der Waals surface area contributed by atoms with Crippen molar-refractivity contribution in [3.63, 3.8) is 0 Å².